The van der Waals surface area contributed by atoms with E-state index >= 15 is 0 Å². The largest absolute Gasteiger partial charge is 0.379 e. The Bertz CT molecular complexity index is 372. The predicted octanol–water partition coefficient (Wildman–Crippen LogP) is 1.23. The van der Waals surface area contributed by atoms with Gasteiger partial charge in [-0.05, 0) is 19.3 Å². The fourth-order valence-corrected chi connectivity index (χ4v) is 3.65. The summed E-state index contributed by atoms with van der Waals surface area (Å²) in [6.07, 6.45) is 1.62. The molecule has 2 saturated heterocycles. The number of thioether (sulfide) groups is 1. The normalized spacial score (nSPS) is 25.3. The van der Waals surface area contributed by atoms with Crippen LogP contribution >= 0.6 is 11.8 Å². The number of rotatable bonds is 6. The maximum absolute atomic E-state index is 12.0. The Morgan fingerprint density at radius 3 is 2.81 bits per heavy atom. The van der Waals surface area contributed by atoms with Crippen LogP contribution in [0.2, 0.25) is 0 Å². The van der Waals surface area contributed by atoms with Gasteiger partial charge in [0.05, 0.1) is 13.2 Å². The van der Waals surface area contributed by atoms with Gasteiger partial charge in [0.1, 0.15) is 0 Å². The zero-order valence-electron chi connectivity index (χ0n) is 13.0. The fraction of sp³-hybridized carbons (Fsp3) is 0.867. The van der Waals surface area contributed by atoms with E-state index in [2.05, 4.69) is 11.8 Å². The third-order valence-electron chi connectivity index (χ3n) is 4.30. The van der Waals surface area contributed by atoms with E-state index in [1.165, 1.54) is 11.8 Å². The van der Waals surface area contributed by atoms with Gasteiger partial charge in [0.2, 0.25) is 5.91 Å². The van der Waals surface area contributed by atoms with Crippen molar-refractivity contribution in [1.29, 1.82) is 0 Å². The molecule has 2 aliphatic heterocycles. The lowest BCUT2D eigenvalue weighted by Gasteiger charge is -2.33. The summed E-state index contributed by atoms with van der Waals surface area (Å²) in [6, 6.07) is 0.493. The van der Waals surface area contributed by atoms with Gasteiger partial charge in [0.25, 0.3) is 0 Å². The second-order valence-corrected chi connectivity index (χ2v) is 7.20. The number of carbonyl (C=O) groups is 2. The molecule has 0 aromatic heterocycles. The average Bonchev–Trinajstić information content (AvgIpc) is 2.84. The van der Waals surface area contributed by atoms with Gasteiger partial charge in [-0.15, -0.1) is 0 Å². The summed E-state index contributed by atoms with van der Waals surface area (Å²) in [5.74, 6) is 1.36. The van der Waals surface area contributed by atoms with E-state index in [0.717, 1.165) is 51.6 Å². The van der Waals surface area contributed by atoms with Gasteiger partial charge < -0.3 is 9.64 Å². The molecule has 2 rings (SSSR count). The van der Waals surface area contributed by atoms with Crippen LogP contribution in [0.4, 0.5) is 0 Å². The topological polar surface area (TPSA) is 49.9 Å². The summed E-state index contributed by atoms with van der Waals surface area (Å²) in [6.45, 7) is 9.08. The van der Waals surface area contributed by atoms with E-state index in [1.54, 1.807) is 6.92 Å². The Balaban J connectivity index is 1.70. The van der Waals surface area contributed by atoms with Gasteiger partial charge in [0, 0.05) is 51.3 Å². The molecule has 0 bridgehead atoms. The number of amides is 1. The van der Waals surface area contributed by atoms with E-state index in [4.69, 9.17) is 4.74 Å². The number of hydrogen-bond acceptors (Lipinski definition) is 5. The molecule has 5 nitrogen and oxygen atoms in total. The van der Waals surface area contributed by atoms with Crippen LogP contribution in [0, 0.1) is 5.92 Å². The Morgan fingerprint density at radius 2 is 2.14 bits per heavy atom. The van der Waals surface area contributed by atoms with Crippen LogP contribution in [0.25, 0.3) is 0 Å². The van der Waals surface area contributed by atoms with Crippen molar-refractivity contribution in [3.05, 3.63) is 0 Å². The van der Waals surface area contributed by atoms with Crippen molar-refractivity contribution in [1.82, 2.24) is 9.80 Å². The monoisotopic (exact) mass is 314 g/mol. The second kappa shape index (κ2) is 8.15. The second-order valence-electron chi connectivity index (χ2n) is 6.00. The van der Waals surface area contributed by atoms with Crippen molar-refractivity contribution in [2.75, 3.05) is 45.1 Å². The van der Waals surface area contributed by atoms with Crippen LogP contribution in [0.5, 0.6) is 0 Å². The molecule has 0 N–H and O–H groups in total. The molecule has 0 aromatic carbocycles. The fourth-order valence-electron chi connectivity index (χ4n) is 2.96. The van der Waals surface area contributed by atoms with Crippen molar-refractivity contribution in [3.8, 4) is 0 Å². The van der Waals surface area contributed by atoms with Gasteiger partial charge >= 0.3 is 0 Å². The molecular formula is C15H26N2O3S. The first-order valence-electron chi connectivity index (χ1n) is 7.79. The van der Waals surface area contributed by atoms with Crippen LogP contribution in [0.15, 0.2) is 0 Å². The maximum atomic E-state index is 12.0. The zero-order valence-corrected chi connectivity index (χ0v) is 13.9. The van der Waals surface area contributed by atoms with E-state index in [0.29, 0.717) is 18.4 Å². The van der Waals surface area contributed by atoms with Gasteiger partial charge in [0.15, 0.2) is 5.12 Å². The molecular weight excluding hydrogens is 288 g/mol. The molecule has 1 amide bonds. The molecule has 21 heavy (non-hydrogen) atoms. The Morgan fingerprint density at radius 1 is 1.43 bits per heavy atom. The minimum Gasteiger partial charge on any atom is -0.379 e. The third-order valence-corrected chi connectivity index (χ3v) is 5.35. The third kappa shape index (κ3) is 5.27. The number of likely N-dealkylation sites (tertiary alicyclic amines) is 1. The van der Waals surface area contributed by atoms with Crippen LogP contribution in [0.1, 0.15) is 26.7 Å². The van der Waals surface area contributed by atoms with Gasteiger partial charge in [-0.1, -0.05) is 11.8 Å². The first-order chi connectivity index (χ1) is 10.1. The van der Waals surface area contributed by atoms with E-state index in [9.17, 15) is 9.59 Å². The lowest BCUT2D eigenvalue weighted by atomic mass is 10.1. The van der Waals surface area contributed by atoms with Crippen LogP contribution in [-0.4, -0.2) is 72.0 Å². The molecule has 0 radical (unpaired) electrons. The van der Waals surface area contributed by atoms with Crippen molar-refractivity contribution in [3.63, 3.8) is 0 Å². The smallest absolute Gasteiger partial charge is 0.222 e. The molecule has 2 unspecified atom stereocenters. The Hall–Kier alpha value is -0.590. The Labute approximate surface area is 131 Å². The predicted molar refractivity (Wildman–Crippen MR) is 84.3 cm³/mol. The van der Waals surface area contributed by atoms with Crippen LogP contribution < -0.4 is 0 Å². The SMILES string of the molecule is CC(=O)SCC1CC(=O)N(CCC(C)N2CCOCC2)C1. The summed E-state index contributed by atoms with van der Waals surface area (Å²) in [4.78, 5) is 27.4. The zero-order chi connectivity index (χ0) is 15.2. The first kappa shape index (κ1) is 16.8. The highest BCUT2D eigenvalue weighted by atomic mass is 32.2. The number of nitrogens with zero attached hydrogens (tertiary/aromatic N) is 2. The van der Waals surface area contributed by atoms with Gasteiger partial charge in [-0.2, -0.15) is 0 Å². The quantitative estimate of drug-likeness (QED) is 0.738. The van der Waals surface area contributed by atoms with E-state index in [-0.39, 0.29) is 11.0 Å². The number of ether oxygens (including phenoxy) is 1. The van der Waals surface area contributed by atoms with Crippen LogP contribution in [0.3, 0.4) is 0 Å². The molecule has 2 heterocycles. The van der Waals surface area contributed by atoms with Crippen LogP contribution in [-0.2, 0) is 14.3 Å². The highest BCUT2D eigenvalue weighted by Crippen LogP contribution is 2.23. The number of hydrogen-bond donors (Lipinski definition) is 0. The first-order valence-corrected chi connectivity index (χ1v) is 8.77. The number of carbonyl (C=O) groups excluding carboxylic acids is 2. The standard InChI is InChI=1S/C15H26N2O3S/c1-12(16-5-7-20-8-6-16)3-4-17-10-14(9-15(17)19)11-21-13(2)18/h12,14H,3-11H2,1-2H3. The minimum atomic E-state index is 0.141. The molecule has 2 atom stereocenters. The molecule has 0 spiro atoms. The van der Waals surface area contributed by atoms with E-state index < -0.39 is 0 Å². The maximum Gasteiger partial charge on any atom is 0.222 e. The Kier molecular flexibility index (Phi) is 6.51. The minimum absolute atomic E-state index is 0.141. The summed E-state index contributed by atoms with van der Waals surface area (Å²) in [7, 11) is 0. The molecule has 0 saturated carbocycles. The number of morpholine rings is 1. The van der Waals surface area contributed by atoms with Crippen molar-refractivity contribution < 1.29 is 14.3 Å². The van der Waals surface area contributed by atoms with Gasteiger partial charge in [-0.25, -0.2) is 0 Å². The van der Waals surface area contributed by atoms with Crippen molar-refractivity contribution >= 4 is 22.8 Å². The van der Waals surface area contributed by atoms with Crippen molar-refractivity contribution in [2.24, 2.45) is 5.92 Å². The average molecular weight is 314 g/mol. The lowest BCUT2D eigenvalue weighted by molar-refractivity contribution is -0.128. The van der Waals surface area contributed by atoms with E-state index in [1.807, 2.05) is 4.90 Å². The molecule has 120 valence electrons. The lowest BCUT2D eigenvalue weighted by Crippen LogP contribution is -2.43. The highest BCUT2D eigenvalue weighted by Gasteiger charge is 2.30. The summed E-state index contributed by atoms with van der Waals surface area (Å²) in [5, 5.41) is 0.141. The molecule has 0 aliphatic carbocycles. The molecule has 0 aromatic rings. The summed E-state index contributed by atoms with van der Waals surface area (Å²) >= 11 is 1.34. The highest BCUT2D eigenvalue weighted by molar-refractivity contribution is 8.13. The summed E-state index contributed by atoms with van der Waals surface area (Å²) in [5.41, 5.74) is 0. The molecule has 6 heteroatoms. The molecule has 2 fully saturated rings. The van der Waals surface area contributed by atoms with Crippen molar-refractivity contribution in [2.45, 2.75) is 32.7 Å². The summed E-state index contributed by atoms with van der Waals surface area (Å²) < 4.78 is 5.37. The van der Waals surface area contributed by atoms with Gasteiger partial charge in [-0.3, -0.25) is 14.5 Å². The molecule has 2 aliphatic rings.